The molecule has 5 heteroatoms. The van der Waals surface area contributed by atoms with Crippen molar-refractivity contribution >= 4 is 17.5 Å². The number of rotatable bonds is 6. The summed E-state index contributed by atoms with van der Waals surface area (Å²) in [5.41, 5.74) is 6.98. The van der Waals surface area contributed by atoms with Crippen molar-refractivity contribution in [1.29, 1.82) is 0 Å². The second-order valence-electron chi connectivity index (χ2n) is 5.09. The molecule has 0 saturated carbocycles. The predicted molar refractivity (Wildman–Crippen MR) is 80.5 cm³/mol. The van der Waals surface area contributed by atoms with Crippen molar-refractivity contribution in [2.24, 2.45) is 11.7 Å². The van der Waals surface area contributed by atoms with Gasteiger partial charge in [0.1, 0.15) is 0 Å². The van der Waals surface area contributed by atoms with Gasteiger partial charge in [-0.05, 0) is 36.6 Å². The minimum absolute atomic E-state index is 0.0779. The summed E-state index contributed by atoms with van der Waals surface area (Å²) >= 11 is 0. The standard InChI is InChI=1S/C15H23N3O2/c1-4-9-17-14(19)11-5-7-12(8-6-11)18-15(20)13(16)10(2)3/h5-8,10,13H,4,9,16H2,1-3H3,(H,17,19)(H,18,20)/t13-/m0/s1. The maximum Gasteiger partial charge on any atom is 0.251 e. The van der Waals surface area contributed by atoms with Gasteiger partial charge in [-0.3, -0.25) is 9.59 Å². The van der Waals surface area contributed by atoms with Crippen LogP contribution in [0.2, 0.25) is 0 Å². The molecule has 0 bridgehead atoms. The Morgan fingerprint density at radius 3 is 2.30 bits per heavy atom. The van der Waals surface area contributed by atoms with Crippen LogP contribution in [0.15, 0.2) is 24.3 Å². The highest BCUT2D eigenvalue weighted by Crippen LogP contribution is 2.11. The van der Waals surface area contributed by atoms with E-state index in [9.17, 15) is 9.59 Å². The normalized spacial score (nSPS) is 12.1. The molecule has 1 atom stereocenters. The molecule has 0 fully saturated rings. The molecule has 4 N–H and O–H groups in total. The second kappa shape index (κ2) is 7.65. The van der Waals surface area contributed by atoms with Gasteiger partial charge in [-0.15, -0.1) is 0 Å². The Morgan fingerprint density at radius 2 is 1.80 bits per heavy atom. The first-order valence-corrected chi connectivity index (χ1v) is 6.90. The van der Waals surface area contributed by atoms with E-state index in [1.54, 1.807) is 24.3 Å². The fourth-order valence-corrected chi connectivity index (χ4v) is 1.57. The lowest BCUT2D eigenvalue weighted by atomic mass is 10.0. The number of hydrogen-bond acceptors (Lipinski definition) is 3. The highest BCUT2D eigenvalue weighted by Gasteiger charge is 2.17. The van der Waals surface area contributed by atoms with Crippen molar-refractivity contribution in [3.8, 4) is 0 Å². The van der Waals surface area contributed by atoms with Crippen molar-refractivity contribution in [3.05, 3.63) is 29.8 Å². The maximum atomic E-state index is 11.8. The van der Waals surface area contributed by atoms with Crippen molar-refractivity contribution < 1.29 is 9.59 Å². The average molecular weight is 277 g/mol. The Kier molecular flexibility index (Phi) is 6.18. The Hall–Kier alpha value is -1.88. The van der Waals surface area contributed by atoms with Gasteiger partial charge in [-0.2, -0.15) is 0 Å². The van der Waals surface area contributed by atoms with Gasteiger partial charge in [0.05, 0.1) is 6.04 Å². The molecule has 0 heterocycles. The largest absolute Gasteiger partial charge is 0.352 e. The number of amides is 2. The lowest BCUT2D eigenvalue weighted by Crippen LogP contribution is -2.39. The zero-order valence-corrected chi connectivity index (χ0v) is 12.3. The molecule has 110 valence electrons. The van der Waals surface area contributed by atoms with Crippen LogP contribution in [0, 0.1) is 5.92 Å². The maximum absolute atomic E-state index is 11.8. The molecule has 0 aliphatic rings. The number of anilines is 1. The van der Waals surface area contributed by atoms with Crippen LogP contribution in [0.1, 0.15) is 37.6 Å². The van der Waals surface area contributed by atoms with Crippen molar-refractivity contribution in [3.63, 3.8) is 0 Å². The third kappa shape index (κ3) is 4.66. The minimum atomic E-state index is -0.539. The first kappa shape index (κ1) is 16.2. The highest BCUT2D eigenvalue weighted by atomic mass is 16.2. The molecule has 0 aliphatic carbocycles. The Morgan fingerprint density at radius 1 is 1.20 bits per heavy atom. The topological polar surface area (TPSA) is 84.2 Å². The van der Waals surface area contributed by atoms with Crippen molar-refractivity contribution in [2.75, 3.05) is 11.9 Å². The lowest BCUT2D eigenvalue weighted by Gasteiger charge is -2.15. The van der Waals surface area contributed by atoms with E-state index in [-0.39, 0.29) is 17.7 Å². The second-order valence-corrected chi connectivity index (χ2v) is 5.09. The number of carbonyl (C=O) groups is 2. The minimum Gasteiger partial charge on any atom is -0.352 e. The summed E-state index contributed by atoms with van der Waals surface area (Å²) in [5.74, 6) is -0.249. The molecule has 0 aliphatic heterocycles. The molecule has 0 saturated heterocycles. The van der Waals surface area contributed by atoms with E-state index in [1.165, 1.54) is 0 Å². The number of carbonyl (C=O) groups excluding carboxylic acids is 2. The molecule has 2 amide bonds. The molecule has 0 unspecified atom stereocenters. The van der Waals surface area contributed by atoms with Crippen molar-refractivity contribution in [1.82, 2.24) is 5.32 Å². The van der Waals surface area contributed by atoms with Crippen LogP contribution in [-0.4, -0.2) is 24.4 Å². The summed E-state index contributed by atoms with van der Waals surface area (Å²) in [6.45, 7) is 6.44. The van der Waals surface area contributed by atoms with E-state index >= 15 is 0 Å². The average Bonchev–Trinajstić information content (AvgIpc) is 2.44. The van der Waals surface area contributed by atoms with E-state index in [1.807, 2.05) is 20.8 Å². The molecule has 0 spiro atoms. The molecule has 1 rings (SSSR count). The summed E-state index contributed by atoms with van der Waals surface area (Å²) < 4.78 is 0. The fraction of sp³-hybridized carbons (Fsp3) is 0.467. The van der Waals surface area contributed by atoms with E-state index < -0.39 is 6.04 Å². The van der Waals surface area contributed by atoms with Crippen LogP contribution in [-0.2, 0) is 4.79 Å². The lowest BCUT2D eigenvalue weighted by molar-refractivity contribution is -0.118. The van der Waals surface area contributed by atoms with E-state index in [0.717, 1.165) is 6.42 Å². The molecule has 0 radical (unpaired) electrons. The molecule has 1 aromatic rings. The van der Waals surface area contributed by atoms with Gasteiger partial charge in [-0.25, -0.2) is 0 Å². The van der Waals surface area contributed by atoms with Crippen LogP contribution in [0.25, 0.3) is 0 Å². The molecular formula is C15H23N3O2. The summed E-state index contributed by atoms with van der Waals surface area (Å²) in [6, 6.07) is 6.23. The van der Waals surface area contributed by atoms with Gasteiger partial charge < -0.3 is 16.4 Å². The first-order chi connectivity index (χ1) is 9.45. The Balaban J connectivity index is 2.63. The zero-order valence-electron chi connectivity index (χ0n) is 12.3. The smallest absolute Gasteiger partial charge is 0.251 e. The summed E-state index contributed by atoms with van der Waals surface area (Å²) in [6.07, 6.45) is 0.896. The predicted octanol–water partition coefficient (Wildman–Crippen LogP) is 1.75. The summed E-state index contributed by atoms with van der Waals surface area (Å²) in [4.78, 5) is 23.5. The van der Waals surface area contributed by atoms with Gasteiger partial charge in [0.25, 0.3) is 5.91 Å². The van der Waals surface area contributed by atoms with Gasteiger partial charge >= 0.3 is 0 Å². The third-order valence-electron chi connectivity index (χ3n) is 2.97. The van der Waals surface area contributed by atoms with E-state index in [4.69, 9.17) is 5.73 Å². The Labute approximate surface area is 119 Å². The van der Waals surface area contributed by atoms with Crippen molar-refractivity contribution in [2.45, 2.75) is 33.2 Å². The first-order valence-electron chi connectivity index (χ1n) is 6.90. The van der Waals surface area contributed by atoms with Gasteiger partial charge in [0.2, 0.25) is 5.91 Å². The molecular weight excluding hydrogens is 254 g/mol. The van der Waals surface area contributed by atoms with Crippen LogP contribution in [0.3, 0.4) is 0 Å². The van der Waals surface area contributed by atoms with Crippen LogP contribution in [0.4, 0.5) is 5.69 Å². The Bertz CT molecular complexity index is 455. The van der Waals surface area contributed by atoms with E-state index in [0.29, 0.717) is 17.8 Å². The molecule has 5 nitrogen and oxygen atoms in total. The number of benzene rings is 1. The molecule has 1 aromatic carbocycles. The van der Waals surface area contributed by atoms with Crippen LogP contribution in [0.5, 0.6) is 0 Å². The quantitative estimate of drug-likeness (QED) is 0.740. The summed E-state index contributed by atoms with van der Waals surface area (Å²) in [5, 5.41) is 5.53. The zero-order chi connectivity index (χ0) is 15.1. The molecule has 0 aromatic heterocycles. The number of nitrogens with one attached hydrogen (secondary N) is 2. The number of nitrogens with two attached hydrogens (primary N) is 1. The fourth-order valence-electron chi connectivity index (χ4n) is 1.57. The van der Waals surface area contributed by atoms with Crippen LogP contribution < -0.4 is 16.4 Å². The number of hydrogen-bond donors (Lipinski definition) is 3. The van der Waals surface area contributed by atoms with Gasteiger partial charge in [0, 0.05) is 17.8 Å². The SMILES string of the molecule is CCCNC(=O)c1ccc(NC(=O)[C@@H](N)C(C)C)cc1. The van der Waals surface area contributed by atoms with E-state index in [2.05, 4.69) is 10.6 Å². The summed E-state index contributed by atoms with van der Waals surface area (Å²) in [7, 11) is 0. The monoisotopic (exact) mass is 277 g/mol. The van der Waals surface area contributed by atoms with Gasteiger partial charge in [-0.1, -0.05) is 20.8 Å². The van der Waals surface area contributed by atoms with Gasteiger partial charge in [0.15, 0.2) is 0 Å². The highest BCUT2D eigenvalue weighted by molar-refractivity contribution is 5.97. The molecule has 20 heavy (non-hydrogen) atoms. The third-order valence-corrected chi connectivity index (χ3v) is 2.97. The van der Waals surface area contributed by atoms with Crippen LogP contribution >= 0.6 is 0 Å².